The van der Waals surface area contributed by atoms with Crippen LogP contribution in [0.5, 0.6) is 5.75 Å². The molecule has 0 saturated carbocycles. The number of sulfonamides is 1. The molecule has 248 valence electrons. The summed E-state index contributed by atoms with van der Waals surface area (Å²) >= 11 is 12.5. The number of hydrogen-bond acceptors (Lipinski definition) is 5. The number of carbonyl (C=O) groups excluding carboxylic acids is 2. The SMILES string of the molecule is COc1ccc(C)cc1N(CC(=O)N(Cc1ccc(Cl)c(Cl)c1)[C@H](Cc1ccccc1)C(=O)NC(C)C)S(=O)(=O)c1ccc(C)cc1. The Balaban J connectivity index is 1.87. The van der Waals surface area contributed by atoms with E-state index in [9.17, 15) is 18.0 Å². The van der Waals surface area contributed by atoms with Crippen molar-refractivity contribution in [1.29, 1.82) is 0 Å². The van der Waals surface area contributed by atoms with E-state index in [0.29, 0.717) is 10.6 Å². The van der Waals surface area contributed by atoms with E-state index in [1.54, 1.807) is 48.5 Å². The Bertz CT molecular complexity index is 1820. The van der Waals surface area contributed by atoms with Crippen molar-refractivity contribution in [3.8, 4) is 5.75 Å². The van der Waals surface area contributed by atoms with Gasteiger partial charge in [-0.2, -0.15) is 0 Å². The van der Waals surface area contributed by atoms with Crippen molar-refractivity contribution in [2.75, 3.05) is 18.0 Å². The number of nitrogens with one attached hydrogen (secondary N) is 1. The van der Waals surface area contributed by atoms with Crippen LogP contribution in [-0.2, 0) is 32.6 Å². The second-order valence-corrected chi connectivity index (χ2v) is 14.3. The molecule has 0 bridgehead atoms. The molecule has 0 unspecified atom stereocenters. The first-order chi connectivity index (χ1) is 22.3. The van der Waals surface area contributed by atoms with Gasteiger partial charge in [-0.05, 0) is 80.8 Å². The van der Waals surface area contributed by atoms with E-state index < -0.39 is 28.5 Å². The summed E-state index contributed by atoms with van der Waals surface area (Å²) in [4.78, 5) is 29.9. The summed E-state index contributed by atoms with van der Waals surface area (Å²) < 4.78 is 35.3. The number of benzene rings is 4. The van der Waals surface area contributed by atoms with Gasteiger partial charge in [0.05, 0.1) is 27.7 Å². The van der Waals surface area contributed by atoms with E-state index in [2.05, 4.69) is 5.32 Å². The fraction of sp³-hybridized carbons (Fsp3) is 0.278. The lowest BCUT2D eigenvalue weighted by molar-refractivity contribution is -0.140. The molecule has 4 aromatic carbocycles. The molecule has 8 nitrogen and oxygen atoms in total. The van der Waals surface area contributed by atoms with Crippen LogP contribution in [0.15, 0.2) is 95.9 Å². The van der Waals surface area contributed by atoms with E-state index in [0.717, 1.165) is 21.0 Å². The maximum atomic E-state index is 14.7. The molecule has 11 heteroatoms. The largest absolute Gasteiger partial charge is 0.495 e. The zero-order valence-electron chi connectivity index (χ0n) is 27.0. The molecule has 1 atom stereocenters. The minimum absolute atomic E-state index is 0.00822. The molecule has 0 spiro atoms. The third kappa shape index (κ3) is 9.06. The number of rotatable bonds is 13. The standard InChI is InChI=1S/C36H39Cl2N3O5S/c1-24(2)39-36(43)33(21-27-9-7-6-8-10-27)40(22-28-14-17-30(37)31(38)20-28)35(42)23-41(32-19-26(4)13-18-34(32)46-5)47(44,45)29-15-11-25(3)12-16-29/h6-20,24,33H,21-23H2,1-5H3,(H,39,43)/t33-/m1/s1. The van der Waals surface area contributed by atoms with Gasteiger partial charge < -0.3 is 15.0 Å². The number of hydrogen-bond donors (Lipinski definition) is 1. The zero-order valence-corrected chi connectivity index (χ0v) is 29.4. The second kappa shape index (κ2) is 15.7. The minimum atomic E-state index is -4.29. The number of methoxy groups -OCH3 is 1. The van der Waals surface area contributed by atoms with Crippen molar-refractivity contribution >= 4 is 50.7 Å². The van der Waals surface area contributed by atoms with E-state index in [4.69, 9.17) is 27.9 Å². The third-order valence-electron chi connectivity index (χ3n) is 7.53. The number of halogens is 2. The molecule has 0 heterocycles. The number of ether oxygens (including phenoxy) is 1. The van der Waals surface area contributed by atoms with Gasteiger partial charge in [0, 0.05) is 19.0 Å². The Hall–Kier alpha value is -4.05. The number of anilines is 1. The van der Waals surface area contributed by atoms with Crippen LogP contribution >= 0.6 is 23.2 Å². The van der Waals surface area contributed by atoms with E-state index >= 15 is 0 Å². The monoisotopic (exact) mass is 695 g/mol. The van der Waals surface area contributed by atoms with Gasteiger partial charge in [0.1, 0.15) is 18.3 Å². The van der Waals surface area contributed by atoms with Gasteiger partial charge in [-0.25, -0.2) is 8.42 Å². The van der Waals surface area contributed by atoms with Crippen LogP contribution in [0.2, 0.25) is 10.0 Å². The first kappa shape index (κ1) is 35.8. The maximum absolute atomic E-state index is 14.7. The minimum Gasteiger partial charge on any atom is -0.495 e. The van der Waals surface area contributed by atoms with Gasteiger partial charge in [0.25, 0.3) is 10.0 Å². The summed E-state index contributed by atoms with van der Waals surface area (Å²) in [5, 5.41) is 3.57. The quantitative estimate of drug-likeness (QED) is 0.163. The Labute approximate surface area is 287 Å². The van der Waals surface area contributed by atoms with Crippen LogP contribution in [0.25, 0.3) is 0 Å². The summed E-state index contributed by atoms with van der Waals surface area (Å²) in [5.41, 5.74) is 3.29. The summed E-state index contributed by atoms with van der Waals surface area (Å²) in [6, 6.07) is 24.6. The Morgan fingerprint density at radius 1 is 0.830 bits per heavy atom. The number of carbonyl (C=O) groups is 2. The van der Waals surface area contributed by atoms with Crippen LogP contribution in [0.3, 0.4) is 0 Å². The Kier molecular flexibility index (Phi) is 12.0. The van der Waals surface area contributed by atoms with Crippen molar-refractivity contribution in [3.63, 3.8) is 0 Å². The van der Waals surface area contributed by atoms with Gasteiger partial charge in [-0.1, -0.05) is 83.4 Å². The van der Waals surface area contributed by atoms with Gasteiger partial charge in [0.15, 0.2) is 0 Å². The van der Waals surface area contributed by atoms with Crippen molar-refractivity contribution in [2.24, 2.45) is 0 Å². The number of nitrogens with zero attached hydrogens (tertiary/aromatic N) is 2. The Morgan fingerprint density at radius 3 is 2.11 bits per heavy atom. The normalized spacial score (nSPS) is 12.0. The highest BCUT2D eigenvalue weighted by atomic mass is 35.5. The fourth-order valence-electron chi connectivity index (χ4n) is 5.12. The number of amides is 2. The lowest BCUT2D eigenvalue weighted by Gasteiger charge is -2.34. The van der Waals surface area contributed by atoms with Gasteiger partial charge in [-0.15, -0.1) is 0 Å². The Morgan fingerprint density at radius 2 is 1.49 bits per heavy atom. The lowest BCUT2D eigenvalue weighted by atomic mass is 10.0. The van der Waals surface area contributed by atoms with Crippen LogP contribution in [0.1, 0.15) is 36.1 Å². The summed E-state index contributed by atoms with van der Waals surface area (Å²) in [6.45, 7) is 6.70. The first-order valence-electron chi connectivity index (χ1n) is 15.1. The summed E-state index contributed by atoms with van der Waals surface area (Å²) in [7, 11) is -2.85. The van der Waals surface area contributed by atoms with Crippen LogP contribution < -0.4 is 14.4 Å². The fourth-order valence-corrected chi connectivity index (χ4v) is 6.85. The van der Waals surface area contributed by atoms with Crippen molar-refractivity contribution in [2.45, 2.75) is 57.6 Å². The molecule has 4 aromatic rings. The molecule has 4 rings (SSSR count). The molecule has 0 fully saturated rings. The maximum Gasteiger partial charge on any atom is 0.264 e. The molecule has 0 aliphatic heterocycles. The molecule has 1 N–H and O–H groups in total. The average molecular weight is 697 g/mol. The van der Waals surface area contributed by atoms with Gasteiger partial charge in [0.2, 0.25) is 11.8 Å². The van der Waals surface area contributed by atoms with E-state index in [1.807, 2.05) is 58.0 Å². The predicted molar refractivity (Wildman–Crippen MR) is 188 cm³/mol. The molecule has 47 heavy (non-hydrogen) atoms. The highest BCUT2D eigenvalue weighted by molar-refractivity contribution is 7.92. The lowest BCUT2D eigenvalue weighted by Crippen LogP contribution is -2.54. The van der Waals surface area contributed by atoms with E-state index in [-0.39, 0.29) is 46.3 Å². The highest BCUT2D eigenvalue weighted by Gasteiger charge is 2.36. The molecule has 0 aliphatic rings. The average Bonchev–Trinajstić information content (AvgIpc) is 3.03. The predicted octanol–water partition coefficient (Wildman–Crippen LogP) is 6.98. The molecule has 2 amide bonds. The molecular weight excluding hydrogens is 657 g/mol. The van der Waals surface area contributed by atoms with Crippen molar-refractivity contribution in [1.82, 2.24) is 10.2 Å². The first-order valence-corrected chi connectivity index (χ1v) is 17.3. The third-order valence-corrected chi connectivity index (χ3v) is 10.0. The van der Waals surface area contributed by atoms with Crippen LogP contribution in [0.4, 0.5) is 5.69 Å². The van der Waals surface area contributed by atoms with Gasteiger partial charge in [-0.3, -0.25) is 13.9 Å². The summed E-state index contributed by atoms with van der Waals surface area (Å²) in [5.74, 6) is -0.706. The molecule has 0 saturated heterocycles. The topological polar surface area (TPSA) is 96.0 Å². The molecule has 0 aromatic heterocycles. The van der Waals surface area contributed by atoms with Crippen LogP contribution in [-0.4, -0.2) is 50.9 Å². The van der Waals surface area contributed by atoms with E-state index in [1.165, 1.54) is 24.1 Å². The van der Waals surface area contributed by atoms with Crippen molar-refractivity contribution < 1.29 is 22.7 Å². The van der Waals surface area contributed by atoms with Crippen LogP contribution in [0, 0.1) is 13.8 Å². The molecule has 0 radical (unpaired) electrons. The molecular formula is C36H39Cl2N3O5S. The summed E-state index contributed by atoms with van der Waals surface area (Å²) in [6.07, 6.45) is 0.185. The smallest absolute Gasteiger partial charge is 0.264 e. The van der Waals surface area contributed by atoms with Crippen molar-refractivity contribution in [3.05, 3.63) is 123 Å². The molecule has 0 aliphatic carbocycles. The van der Waals surface area contributed by atoms with Gasteiger partial charge >= 0.3 is 0 Å². The second-order valence-electron chi connectivity index (χ2n) is 11.6. The number of aryl methyl sites for hydroxylation is 2. The highest BCUT2D eigenvalue weighted by Crippen LogP contribution is 2.34. The zero-order chi connectivity index (χ0) is 34.3.